The number of carbonyl (C=O) groups excluding carboxylic acids is 1. The Bertz CT molecular complexity index is 854. The predicted molar refractivity (Wildman–Crippen MR) is 111 cm³/mol. The average molecular weight is 401 g/mol. The van der Waals surface area contributed by atoms with Gasteiger partial charge in [-0.25, -0.2) is 0 Å². The van der Waals surface area contributed by atoms with Crippen LogP contribution in [0.1, 0.15) is 5.69 Å². The van der Waals surface area contributed by atoms with Crippen molar-refractivity contribution < 1.29 is 19.7 Å². The number of hydrogen-bond donors (Lipinski definition) is 4. The van der Waals surface area contributed by atoms with Crippen LogP contribution in [0.5, 0.6) is 5.75 Å². The fourth-order valence-electron chi connectivity index (χ4n) is 2.13. The Kier molecular flexibility index (Phi) is 8.41. The molecule has 2 aromatic heterocycles. The molecule has 0 aliphatic heterocycles. The van der Waals surface area contributed by atoms with E-state index in [9.17, 15) is 4.79 Å². The smallest absolute Gasteiger partial charge is 0.211 e. The first-order valence-corrected chi connectivity index (χ1v) is 9.39. The Labute approximate surface area is 167 Å². The highest BCUT2D eigenvalue weighted by molar-refractivity contribution is 7.13. The van der Waals surface area contributed by atoms with Gasteiger partial charge >= 0.3 is 0 Å². The lowest BCUT2D eigenvalue weighted by molar-refractivity contribution is -0.105. The van der Waals surface area contributed by atoms with Gasteiger partial charge in [-0.3, -0.25) is 9.78 Å². The fraction of sp³-hybridized carbons (Fsp3) is 0.200. The summed E-state index contributed by atoms with van der Waals surface area (Å²) in [6, 6.07) is 13.2. The first-order valence-electron chi connectivity index (χ1n) is 8.51. The molecular weight excluding hydrogens is 378 g/mol. The topological polar surface area (TPSA) is 118 Å². The van der Waals surface area contributed by atoms with Crippen LogP contribution in [-0.2, 0) is 4.79 Å². The summed E-state index contributed by atoms with van der Waals surface area (Å²) in [5.74, 6) is 0.595. The number of nitrogen functional groups attached to an aromatic ring is 1. The summed E-state index contributed by atoms with van der Waals surface area (Å²) in [6.07, 6.45) is 1.38. The summed E-state index contributed by atoms with van der Waals surface area (Å²) in [5, 5.41) is 22.1. The largest absolute Gasteiger partial charge is 0.489 e. The van der Waals surface area contributed by atoms with Gasteiger partial charge in [-0.1, -0.05) is 12.1 Å². The maximum atomic E-state index is 10.4. The zero-order valence-corrected chi connectivity index (χ0v) is 16.2. The van der Waals surface area contributed by atoms with Crippen LogP contribution in [0.15, 0.2) is 54.0 Å². The maximum Gasteiger partial charge on any atom is 0.211 e. The number of nitrogens with two attached hydrogens (primary N) is 1. The van der Waals surface area contributed by atoms with E-state index in [-0.39, 0.29) is 13.2 Å². The van der Waals surface area contributed by atoms with Gasteiger partial charge in [0.15, 0.2) is 0 Å². The van der Waals surface area contributed by atoms with Crippen LogP contribution in [0.25, 0.3) is 10.4 Å². The van der Waals surface area contributed by atoms with Crippen molar-refractivity contribution >= 4 is 29.1 Å². The Hall–Kier alpha value is -2.94. The van der Waals surface area contributed by atoms with Gasteiger partial charge in [-0.05, 0) is 48.2 Å². The Morgan fingerprint density at radius 2 is 2.14 bits per heavy atom. The van der Waals surface area contributed by atoms with Crippen LogP contribution in [-0.4, -0.2) is 40.9 Å². The van der Waals surface area contributed by atoms with Gasteiger partial charge in [0.2, 0.25) is 6.41 Å². The molecular formula is C20H23N3O4S. The molecule has 0 spiro atoms. The molecule has 0 aliphatic carbocycles. The normalized spacial score (nSPS) is 11.1. The minimum Gasteiger partial charge on any atom is -0.489 e. The third-order valence-corrected chi connectivity index (χ3v) is 4.53. The monoisotopic (exact) mass is 401 g/mol. The standard InChI is InChI=1S/C11H10N2OS.C9H13NO3/c12-9-4-3-8(6-10(9)13-7-14)11-2-1-5-15-11;1-7-2-3-9(4-10-7)13-6-8(12)5-11/h1-7H,12H2,(H,13,14);2-4,8,11-12H,5-6H2,1H3/t;8-/m.1/s1. The highest BCUT2D eigenvalue weighted by Gasteiger charge is 2.03. The number of aliphatic hydroxyl groups excluding tert-OH is 2. The molecule has 0 unspecified atom stereocenters. The molecule has 0 radical (unpaired) electrons. The lowest BCUT2D eigenvalue weighted by Crippen LogP contribution is -2.21. The molecule has 1 amide bonds. The van der Waals surface area contributed by atoms with E-state index in [1.54, 1.807) is 29.7 Å². The first kappa shape index (κ1) is 21.4. The average Bonchev–Trinajstić information content (AvgIpc) is 3.24. The number of anilines is 2. The molecule has 1 aromatic carbocycles. The van der Waals surface area contributed by atoms with Gasteiger partial charge in [0, 0.05) is 10.6 Å². The third-order valence-electron chi connectivity index (χ3n) is 3.61. The van der Waals surface area contributed by atoms with Gasteiger partial charge in [-0.15, -0.1) is 11.3 Å². The maximum absolute atomic E-state index is 10.4. The van der Waals surface area contributed by atoms with E-state index in [4.69, 9.17) is 20.7 Å². The number of carbonyl (C=O) groups is 1. The minimum atomic E-state index is -0.832. The van der Waals surface area contributed by atoms with Gasteiger partial charge < -0.3 is 26.0 Å². The number of aryl methyl sites for hydroxylation is 1. The van der Waals surface area contributed by atoms with Crippen LogP contribution in [0, 0.1) is 6.92 Å². The zero-order valence-electron chi connectivity index (χ0n) is 15.4. The van der Waals surface area contributed by atoms with Crippen molar-refractivity contribution in [2.24, 2.45) is 0 Å². The number of thiophene rings is 1. The van der Waals surface area contributed by atoms with Gasteiger partial charge in [-0.2, -0.15) is 0 Å². The second-order valence-corrected chi connectivity index (χ2v) is 6.77. The van der Waals surface area contributed by atoms with E-state index < -0.39 is 6.10 Å². The second-order valence-electron chi connectivity index (χ2n) is 5.82. The molecule has 1 atom stereocenters. The summed E-state index contributed by atoms with van der Waals surface area (Å²) >= 11 is 1.65. The predicted octanol–water partition coefficient (Wildman–Crippen LogP) is 2.69. The number of nitrogens with one attached hydrogen (secondary N) is 1. The number of aliphatic hydroxyl groups is 2. The zero-order chi connectivity index (χ0) is 20.4. The Morgan fingerprint density at radius 1 is 1.32 bits per heavy atom. The molecule has 0 saturated carbocycles. The highest BCUT2D eigenvalue weighted by Crippen LogP contribution is 2.29. The molecule has 8 heteroatoms. The number of aromatic nitrogens is 1. The fourth-order valence-corrected chi connectivity index (χ4v) is 2.85. The highest BCUT2D eigenvalue weighted by atomic mass is 32.1. The SMILES string of the molecule is Cc1ccc(OC[C@H](O)CO)cn1.Nc1ccc(-c2cccs2)cc1NC=O. The molecule has 28 heavy (non-hydrogen) atoms. The van der Waals surface area contributed by atoms with Crippen molar-refractivity contribution in [2.45, 2.75) is 13.0 Å². The minimum absolute atomic E-state index is 0.0846. The van der Waals surface area contributed by atoms with Gasteiger partial charge in [0.1, 0.15) is 18.5 Å². The molecule has 0 bridgehead atoms. The van der Waals surface area contributed by atoms with Crippen LogP contribution in [0.4, 0.5) is 11.4 Å². The quantitative estimate of drug-likeness (QED) is 0.357. The molecule has 148 valence electrons. The van der Waals surface area contributed by atoms with Crippen LogP contribution in [0.2, 0.25) is 0 Å². The van der Waals surface area contributed by atoms with E-state index >= 15 is 0 Å². The molecule has 2 heterocycles. The molecule has 7 nitrogen and oxygen atoms in total. The summed E-state index contributed by atoms with van der Waals surface area (Å²) in [4.78, 5) is 15.5. The molecule has 5 N–H and O–H groups in total. The number of amides is 1. The van der Waals surface area contributed by atoms with Gasteiger partial charge in [0.05, 0.1) is 24.2 Å². The number of hydrogen-bond acceptors (Lipinski definition) is 7. The lowest BCUT2D eigenvalue weighted by atomic mass is 10.1. The van der Waals surface area contributed by atoms with Crippen molar-refractivity contribution in [3.05, 3.63) is 59.7 Å². The second kappa shape index (κ2) is 11.0. The van der Waals surface area contributed by atoms with Crippen molar-refractivity contribution in [1.29, 1.82) is 0 Å². The Morgan fingerprint density at radius 3 is 2.75 bits per heavy atom. The number of ether oxygens (including phenoxy) is 1. The van der Waals surface area contributed by atoms with Crippen molar-refractivity contribution in [2.75, 3.05) is 24.3 Å². The number of pyridine rings is 1. The molecule has 0 aliphatic rings. The number of benzene rings is 1. The van der Waals surface area contributed by atoms with Crippen molar-refractivity contribution in [3.8, 4) is 16.2 Å². The molecule has 3 aromatic rings. The van der Waals surface area contributed by atoms with Crippen LogP contribution in [0.3, 0.4) is 0 Å². The first-order chi connectivity index (χ1) is 13.5. The summed E-state index contributed by atoms with van der Waals surface area (Å²) in [7, 11) is 0. The molecule has 0 saturated heterocycles. The van der Waals surface area contributed by atoms with E-state index in [0.29, 0.717) is 23.5 Å². The van der Waals surface area contributed by atoms with Crippen molar-refractivity contribution in [1.82, 2.24) is 4.98 Å². The van der Waals surface area contributed by atoms with E-state index in [1.165, 1.54) is 0 Å². The van der Waals surface area contributed by atoms with E-state index in [1.807, 2.05) is 42.6 Å². The van der Waals surface area contributed by atoms with Crippen LogP contribution < -0.4 is 15.8 Å². The third kappa shape index (κ3) is 6.66. The van der Waals surface area contributed by atoms with Crippen LogP contribution >= 0.6 is 11.3 Å². The molecule has 0 fully saturated rings. The lowest BCUT2D eigenvalue weighted by Gasteiger charge is -2.09. The number of rotatable bonds is 7. The number of nitrogens with zero attached hydrogens (tertiary/aromatic N) is 1. The van der Waals surface area contributed by atoms with Crippen molar-refractivity contribution in [3.63, 3.8) is 0 Å². The Balaban J connectivity index is 0.000000203. The summed E-state index contributed by atoms with van der Waals surface area (Å²) in [5.41, 5.74) is 8.90. The van der Waals surface area contributed by atoms with Gasteiger partial charge in [0.25, 0.3) is 0 Å². The van der Waals surface area contributed by atoms with E-state index in [0.717, 1.165) is 16.1 Å². The summed E-state index contributed by atoms with van der Waals surface area (Å²) in [6.45, 7) is 1.67. The molecule has 3 rings (SSSR count). The van der Waals surface area contributed by atoms with E-state index in [2.05, 4.69) is 10.3 Å². The summed E-state index contributed by atoms with van der Waals surface area (Å²) < 4.78 is 5.14.